The minimum Gasteiger partial charge on any atom is -0.299 e. The van der Waals surface area contributed by atoms with Gasteiger partial charge in [0.1, 0.15) is 15.6 Å². The highest BCUT2D eigenvalue weighted by Crippen LogP contribution is 2.48. The van der Waals surface area contributed by atoms with Crippen LogP contribution in [0.25, 0.3) is 0 Å². The lowest BCUT2D eigenvalue weighted by Crippen LogP contribution is -2.21. The predicted molar refractivity (Wildman–Crippen MR) is 62.9 cm³/mol. The molecular weight excluding hydrogens is 224 g/mol. The summed E-state index contributed by atoms with van der Waals surface area (Å²) in [5, 5.41) is 0. The normalized spacial score (nSPS) is 33.2. The Morgan fingerprint density at radius 1 is 1.25 bits per heavy atom. The summed E-state index contributed by atoms with van der Waals surface area (Å²) < 4.78 is 21.9. The molecule has 2 aliphatic rings. The van der Waals surface area contributed by atoms with Gasteiger partial charge in [0, 0.05) is 18.6 Å². The molecule has 0 aromatic carbocycles. The van der Waals surface area contributed by atoms with Crippen molar-refractivity contribution in [2.24, 2.45) is 17.8 Å². The highest BCUT2D eigenvalue weighted by atomic mass is 32.2. The van der Waals surface area contributed by atoms with Crippen LogP contribution in [0, 0.1) is 17.8 Å². The van der Waals surface area contributed by atoms with Gasteiger partial charge in [0.25, 0.3) is 0 Å². The van der Waals surface area contributed by atoms with Crippen LogP contribution < -0.4 is 0 Å². The van der Waals surface area contributed by atoms with Crippen molar-refractivity contribution in [3.63, 3.8) is 0 Å². The molecule has 3 atom stereocenters. The molecule has 0 radical (unpaired) electrons. The molecule has 0 saturated heterocycles. The van der Waals surface area contributed by atoms with Gasteiger partial charge < -0.3 is 0 Å². The van der Waals surface area contributed by atoms with Crippen molar-refractivity contribution < 1.29 is 13.2 Å². The second-order valence-electron chi connectivity index (χ2n) is 5.48. The van der Waals surface area contributed by atoms with Crippen molar-refractivity contribution in [3.05, 3.63) is 0 Å². The van der Waals surface area contributed by atoms with Gasteiger partial charge in [0.05, 0.1) is 5.75 Å². The Kier molecular flexibility index (Phi) is 3.38. The first-order chi connectivity index (χ1) is 7.46. The molecule has 3 unspecified atom stereocenters. The van der Waals surface area contributed by atoms with Crippen molar-refractivity contribution in [2.45, 2.75) is 38.5 Å². The third kappa shape index (κ3) is 2.84. The maximum Gasteiger partial charge on any atom is 0.147 e. The van der Waals surface area contributed by atoms with E-state index in [2.05, 4.69) is 0 Å². The lowest BCUT2D eigenvalue weighted by atomic mass is 9.84. The Bertz CT molecular complexity index is 372. The lowest BCUT2D eigenvalue weighted by molar-refractivity contribution is -0.124. The molecule has 0 spiro atoms. The van der Waals surface area contributed by atoms with Gasteiger partial charge in [0.15, 0.2) is 0 Å². The number of carbonyl (C=O) groups is 1. The number of rotatable bonds is 5. The average Bonchev–Trinajstić information content (AvgIpc) is 2.76. The molecule has 3 nitrogen and oxygen atoms in total. The first kappa shape index (κ1) is 12.1. The molecule has 0 N–H and O–H groups in total. The summed E-state index contributed by atoms with van der Waals surface area (Å²) in [6, 6.07) is 0. The number of fused-ring (bicyclic) bond motifs is 2. The molecular formula is C12H20O3S. The van der Waals surface area contributed by atoms with Crippen molar-refractivity contribution in [3.8, 4) is 0 Å². The summed E-state index contributed by atoms with van der Waals surface area (Å²) in [5.74, 6) is 2.14. The number of sulfone groups is 1. The van der Waals surface area contributed by atoms with E-state index < -0.39 is 9.84 Å². The van der Waals surface area contributed by atoms with Gasteiger partial charge in [-0.3, -0.25) is 4.79 Å². The van der Waals surface area contributed by atoms with Crippen LogP contribution in [0.4, 0.5) is 0 Å². The summed E-state index contributed by atoms with van der Waals surface area (Å²) in [6.07, 6.45) is 7.03. The van der Waals surface area contributed by atoms with Crippen LogP contribution in [-0.4, -0.2) is 26.2 Å². The Morgan fingerprint density at radius 2 is 2.00 bits per heavy atom. The monoisotopic (exact) mass is 244 g/mol. The van der Waals surface area contributed by atoms with E-state index in [4.69, 9.17) is 0 Å². The molecule has 0 aromatic heterocycles. The number of carbonyl (C=O) groups excluding carboxylic acids is 1. The topological polar surface area (TPSA) is 51.2 Å². The van der Waals surface area contributed by atoms with Crippen LogP contribution in [0.2, 0.25) is 0 Å². The number of Topliss-reactive ketones (excluding diaryl/α,β-unsaturated/α-hetero) is 1. The van der Waals surface area contributed by atoms with Gasteiger partial charge in [-0.05, 0) is 37.5 Å². The molecule has 16 heavy (non-hydrogen) atoms. The van der Waals surface area contributed by atoms with E-state index in [1.807, 2.05) is 0 Å². The third-order valence-corrected chi connectivity index (χ3v) is 5.12. The SMILES string of the molecule is CS(=O)(=O)CCCC(=O)C1CC2CCC1C2. The molecule has 2 aliphatic carbocycles. The smallest absolute Gasteiger partial charge is 0.147 e. The Morgan fingerprint density at radius 3 is 2.50 bits per heavy atom. The van der Waals surface area contributed by atoms with Gasteiger partial charge in [-0.2, -0.15) is 0 Å². The maximum absolute atomic E-state index is 11.9. The fraction of sp³-hybridized carbons (Fsp3) is 0.917. The zero-order valence-electron chi connectivity index (χ0n) is 9.81. The van der Waals surface area contributed by atoms with Gasteiger partial charge in [0.2, 0.25) is 0 Å². The first-order valence-corrected chi connectivity index (χ1v) is 8.22. The molecule has 0 aromatic rings. The summed E-state index contributed by atoms with van der Waals surface area (Å²) >= 11 is 0. The molecule has 0 heterocycles. The molecule has 2 rings (SSSR count). The van der Waals surface area contributed by atoms with Crippen LogP contribution in [0.15, 0.2) is 0 Å². The third-order valence-electron chi connectivity index (χ3n) is 4.09. The zero-order chi connectivity index (χ0) is 11.8. The van der Waals surface area contributed by atoms with Crippen LogP contribution in [-0.2, 0) is 14.6 Å². The molecule has 2 saturated carbocycles. The molecule has 0 aliphatic heterocycles. The lowest BCUT2D eigenvalue weighted by Gasteiger charge is -2.20. The van der Waals surface area contributed by atoms with Crippen molar-refractivity contribution in [2.75, 3.05) is 12.0 Å². The number of hydrogen-bond donors (Lipinski definition) is 0. The van der Waals surface area contributed by atoms with Crippen LogP contribution in [0.3, 0.4) is 0 Å². The second-order valence-corrected chi connectivity index (χ2v) is 7.74. The number of hydrogen-bond acceptors (Lipinski definition) is 3. The van der Waals surface area contributed by atoms with E-state index in [0.717, 1.165) is 12.3 Å². The Hall–Kier alpha value is -0.380. The van der Waals surface area contributed by atoms with Crippen LogP contribution in [0.1, 0.15) is 38.5 Å². The Balaban J connectivity index is 1.77. The van der Waals surface area contributed by atoms with Gasteiger partial charge in [-0.1, -0.05) is 6.42 Å². The van der Waals surface area contributed by atoms with Crippen molar-refractivity contribution in [1.82, 2.24) is 0 Å². The second kappa shape index (κ2) is 4.47. The fourth-order valence-electron chi connectivity index (χ4n) is 3.33. The van der Waals surface area contributed by atoms with E-state index >= 15 is 0 Å². The van der Waals surface area contributed by atoms with E-state index in [-0.39, 0.29) is 11.7 Å². The van der Waals surface area contributed by atoms with Crippen LogP contribution in [0.5, 0.6) is 0 Å². The standard InChI is InChI=1S/C12H20O3S/c1-16(14,15)6-2-3-12(13)11-8-9-4-5-10(11)7-9/h9-11H,2-8H2,1H3. The minimum atomic E-state index is -2.91. The summed E-state index contributed by atoms with van der Waals surface area (Å²) in [4.78, 5) is 11.9. The predicted octanol–water partition coefficient (Wildman–Crippen LogP) is 1.82. The largest absolute Gasteiger partial charge is 0.299 e. The summed E-state index contributed by atoms with van der Waals surface area (Å²) in [6.45, 7) is 0. The van der Waals surface area contributed by atoms with E-state index in [0.29, 0.717) is 24.5 Å². The average molecular weight is 244 g/mol. The highest BCUT2D eigenvalue weighted by molar-refractivity contribution is 7.90. The van der Waals surface area contributed by atoms with Crippen molar-refractivity contribution in [1.29, 1.82) is 0 Å². The molecule has 4 heteroatoms. The fourth-order valence-corrected chi connectivity index (χ4v) is 4.00. The molecule has 0 amide bonds. The Labute approximate surface area is 97.5 Å². The van der Waals surface area contributed by atoms with E-state index in [1.165, 1.54) is 25.5 Å². The zero-order valence-corrected chi connectivity index (χ0v) is 10.6. The molecule has 2 fully saturated rings. The molecule has 92 valence electrons. The van der Waals surface area contributed by atoms with Crippen molar-refractivity contribution >= 4 is 15.6 Å². The van der Waals surface area contributed by atoms with E-state index in [9.17, 15) is 13.2 Å². The summed E-state index contributed by atoms with van der Waals surface area (Å²) in [5.41, 5.74) is 0. The van der Waals surface area contributed by atoms with Gasteiger partial charge >= 0.3 is 0 Å². The van der Waals surface area contributed by atoms with Gasteiger partial charge in [-0.15, -0.1) is 0 Å². The quantitative estimate of drug-likeness (QED) is 0.741. The number of ketones is 1. The van der Waals surface area contributed by atoms with Gasteiger partial charge in [-0.25, -0.2) is 8.42 Å². The first-order valence-electron chi connectivity index (χ1n) is 6.16. The highest BCUT2D eigenvalue weighted by Gasteiger charge is 2.42. The van der Waals surface area contributed by atoms with Crippen LogP contribution >= 0.6 is 0 Å². The molecule has 2 bridgehead atoms. The minimum absolute atomic E-state index is 0.152. The maximum atomic E-state index is 11.9. The summed E-state index contributed by atoms with van der Waals surface area (Å²) in [7, 11) is -2.91. The van der Waals surface area contributed by atoms with E-state index in [1.54, 1.807) is 0 Å².